The molecule has 7 heavy (non-hydrogen) atoms. The molecule has 1 aliphatic heterocycles. The second kappa shape index (κ2) is 1.96. The van der Waals surface area contributed by atoms with Crippen LogP contribution in [0.25, 0.3) is 0 Å². The molecule has 0 aliphatic carbocycles. The van der Waals surface area contributed by atoms with Gasteiger partial charge in [-0.2, -0.15) is 0 Å². The van der Waals surface area contributed by atoms with E-state index in [9.17, 15) is 4.79 Å². The topological polar surface area (TPSA) is 26.3 Å². The van der Waals surface area contributed by atoms with E-state index in [0.717, 1.165) is 6.42 Å². The Morgan fingerprint density at radius 1 is 1.71 bits per heavy atom. The lowest BCUT2D eigenvalue weighted by Crippen LogP contribution is -2.11. The zero-order valence-electron chi connectivity index (χ0n) is 3.94. The number of cyclic esters (lactones) is 1. The summed E-state index contributed by atoms with van der Waals surface area (Å²) >= 11 is 0. The smallest absolute Gasteiger partial charge is 0.306 e. The van der Waals surface area contributed by atoms with Gasteiger partial charge >= 0.3 is 5.97 Å². The average molecular weight is 98.1 g/mol. The summed E-state index contributed by atoms with van der Waals surface area (Å²) in [5.74, 6) is -0.147. The molecule has 0 spiro atoms. The molecule has 1 rings (SSSR count). The van der Waals surface area contributed by atoms with Gasteiger partial charge in [0.05, 0.1) is 13.0 Å². The lowest BCUT2D eigenvalue weighted by Gasteiger charge is -2.07. The monoisotopic (exact) mass is 98.0 g/mol. The maximum atomic E-state index is 10.2. The van der Waals surface area contributed by atoms with Crippen LogP contribution in [-0.2, 0) is 9.53 Å². The first-order valence-corrected chi connectivity index (χ1v) is 2.26. The van der Waals surface area contributed by atoms with Gasteiger partial charge in [-0.25, -0.2) is 0 Å². The minimum absolute atomic E-state index is 0.147. The van der Waals surface area contributed by atoms with Crippen LogP contribution in [0.5, 0.6) is 0 Å². The molecule has 1 aliphatic rings. The fraction of sp³-hybridized carbons (Fsp3) is 0.600. The minimum Gasteiger partial charge on any atom is -0.466 e. The van der Waals surface area contributed by atoms with Crippen LogP contribution >= 0.6 is 0 Å². The van der Waals surface area contributed by atoms with Gasteiger partial charge in [0.15, 0.2) is 0 Å². The third kappa shape index (κ3) is 1.18. The van der Waals surface area contributed by atoms with Gasteiger partial charge in [0.1, 0.15) is 0 Å². The van der Waals surface area contributed by atoms with Crippen molar-refractivity contribution in [1.82, 2.24) is 0 Å². The molecule has 0 aromatic rings. The Labute approximate surface area is 42.5 Å². The molecule has 1 saturated heterocycles. The van der Waals surface area contributed by atoms with Crippen LogP contribution < -0.4 is 0 Å². The first-order valence-electron chi connectivity index (χ1n) is 2.26. The highest BCUT2D eigenvalue weighted by atomic mass is 16.5. The zero-order valence-corrected chi connectivity index (χ0v) is 3.94. The van der Waals surface area contributed by atoms with E-state index in [1.165, 1.54) is 0 Å². The summed E-state index contributed by atoms with van der Waals surface area (Å²) in [6.07, 6.45) is 4.03. The molecule has 0 amide bonds. The Balaban J connectivity index is 2.25. The summed E-state index contributed by atoms with van der Waals surface area (Å²) in [5.41, 5.74) is 0. The Bertz CT molecular complexity index is 70.1. The van der Waals surface area contributed by atoms with Crippen LogP contribution in [0.15, 0.2) is 0 Å². The third-order valence-electron chi connectivity index (χ3n) is 0.811. The van der Waals surface area contributed by atoms with Crippen molar-refractivity contribution in [3.63, 3.8) is 0 Å². The van der Waals surface area contributed by atoms with Gasteiger partial charge in [0.25, 0.3) is 0 Å². The Kier molecular flexibility index (Phi) is 1.29. The lowest BCUT2D eigenvalue weighted by atomic mass is 10.2. The molecule has 0 bridgehead atoms. The number of hydrogen-bond donors (Lipinski definition) is 0. The number of rotatable bonds is 0. The van der Waals surface area contributed by atoms with Crippen LogP contribution in [0.1, 0.15) is 12.8 Å². The molecule has 0 unspecified atom stereocenters. The molecule has 0 saturated carbocycles. The van der Waals surface area contributed by atoms with Crippen molar-refractivity contribution in [2.45, 2.75) is 12.8 Å². The zero-order chi connectivity index (χ0) is 5.11. The first kappa shape index (κ1) is 4.62. The van der Waals surface area contributed by atoms with Crippen LogP contribution in [0, 0.1) is 6.42 Å². The fourth-order valence-corrected chi connectivity index (χ4v) is 0.479. The largest absolute Gasteiger partial charge is 0.466 e. The molecule has 0 N–H and O–H groups in total. The van der Waals surface area contributed by atoms with Crippen molar-refractivity contribution >= 4 is 5.97 Å². The fourth-order valence-electron chi connectivity index (χ4n) is 0.479. The Hall–Kier alpha value is -0.530. The van der Waals surface area contributed by atoms with E-state index < -0.39 is 0 Å². The number of hydrogen-bond acceptors (Lipinski definition) is 2. The highest BCUT2D eigenvalue weighted by Gasteiger charge is 2.07. The molecular weight excluding hydrogens is 92.1 g/mol. The summed E-state index contributed by atoms with van der Waals surface area (Å²) in [6, 6.07) is 0. The summed E-state index contributed by atoms with van der Waals surface area (Å²) in [7, 11) is 0. The third-order valence-corrected chi connectivity index (χ3v) is 0.811. The molecule has 0 atom stereocenters. The van der Waals surface area contributed by atoms with Gasteiger partial charge in [0, 0.05) is 0 Å². The molecule has 2 nitrogen and oxygen atoms in total. The van der Waals surface area contributed by atoms with Crippen molar-refractivity contribution < 1.29 is 9.53 Å². The number of carbonyl (C=O) groups excluding carboxylic acids is 1. The van der Waals surface area contributed by atoms with Gasteiger partial charge in [-0.15, -0.1) is 0 Å². The van der Waals surface area contributed by atoms with Crippen LogP contribution in [-0.4, -0.2) is 12.6 Å². The van der Waals surface area contributed by atoms with E-state index in [-0.39, 0.29) is 5.97 Å². The van der Waals surface area contributed by atoms with E-state index in [1.54, 1.807) is 0 Å². The SMILES string of the molecule is O=C1C[C]CCO1. The summed E-state index contributed by atoms with van der Waals surface area (Å²) in [6.45, 7) is 0.527. The standard InChI is InChI=1S/C5H6O2/c6-5-3-1-2-4-7-5/h2-4H2. The molecule has 1 fully saturated rings. The van der Waals surface area contributed by atoms with E-state index in [4.69, 9.17) is 0 Å². The maximum Gasteiger partial charge on any atom is 0.306 e. The average Bonchev–Trinajstić information content (AvgIpc) is 1.69. The molecule has 1 heterocycles. The second-order valence-electron chi connectivity index (χ2n) is 1.40. The number of carbonyl (C=O) groups is 1. The number of ether oxygens (including phenoxy) is 1. The summed E-state index contributed by atoms with van der Waals surface area (Å²) in [4.78, 5) is 10.2. The molecule has 38 valence electrons. The van der Waals surface area contributed by atoms with E-state index >= 15 is 0 Å². The normalized spacial score (nSPS) is 21.4. The van der Waals surface area contributed by atoms with Crippen molar-refractivity contribution in [3.8, 4) is 0 Å². The van der Waals surface area contributed by atoms with Gasteiger partial charge in [-0.05, 0) is 12.8 Å². The predicted octanol–water partition coefficient (Wildman–Crippen LogP) is 0.405. The Morgan fingerprint density at radius 3 is 2.86 bits per heavy atom. The van der Waals surface area contributed by atoms with Gasteiger partial charge in [-0.1, -0.05) is 0 Å². The van der Waals surface area contributed by atoms with Gasteiger partial charge < -0.3 is 4.74 Å². The van der Waals surface area contributed by atoms with Crippen LogP contribution in [0.4, 0.5) is 0 Å². The highest BCUT2D eigenvalue weighted by molar-refractivity contribution is 5.71. The maximum absolute atomic E-state index is 10.2. The van der Waals surface area contributed by atoms with Crippen molar-refractivity contribution in [1.29, 1.82) is 0 Å². The molecule has 2 heteroatoms. The van der Waals surface area contributed by atoms with E-state index in [0.29, 0.717) is 13.0 Å². The van der Waals surface area contributed by atoms with E-state index in [1.807, 2.05) is 0 Å². The summed E-state index contributed by atoms with van der Waals surface area (Å²) in [5, 5.41) is 0. The first-order chi connectivity index (χ1) is 3.39. The molecular formula is C5H6O2. The van der Waals surface area contributed by atoms with Gasteiger partial charge in [0.2, 0.25) is 0 Å². The summed E-state index contributed by atoms with van der Waals surface area (Å²) < 4.78 is 4.58. The van der Waals surface area contributed by atoms with Crippen molar-refractivity contribution in [2.24, 2.45) is 0 Å². The second-order valence-corrected chi connectivity index (χ2v) is 1.40. The predicted molar refractivity (Wildman–Crippen MR) is 23.4 cm³/mol. The Morgan fingerprint density at radius 2 is 2.57 bits per heavy atom. The van der Waals surface area contributed by atoms with Gasteiger partial charge in [-0.3, -0.25) is 4.79 Å². The highest BCUT2D eigenvalue weighted by Crippen LogP contribution is 2.02. The van der Waals surface area contributed by atoms with E-state index in [2.05, 4.69) is 11.2 Å². The lowest BCUT2D eigenvalue weighted by molar-refractivity contribution is -0.144. The quantitative estimate of drug-likeness (QED) is 0.410. The molecule has 0 aromatic heterocycles. The van der Waals surface area contributed by atoms with Crippen molar-refractivity contribution in [2.75, 3.05) is 6.61 Å². The molecule has 0 aromatic carbocycles. The minimum atomic E-state index is -0.147. The molecule has 2 radical (unpaired) electrons. The van der Waals surface area contributed by atoms with Crippen LogP contribution in [0.3, 0.4) is 0 Å². The van der Waals surface area contributed by atoms with Crippen molar-refractivity contribution in [3.05, 3.63) is 6.42 Å². The number of esters is 1. The van der Waals surface area contributed by atoms with Crippen LogP contribution in [0.2, 0.25) is 0 Å².